The minimum Gasteiger partial charge on any atom is -0.477 e. The molecule has 0 heterocycles. The fourth-order valence-corrected chi connectivity index (χ4v) is 0.537. The summed E-state index contributed by atoms with van der Waals surface area (Å²) in [5.41, 5.74) is -0.327. The van der Waals surface area contributed by atoms with E-state index in [1.807, 2.05) is 0 Å². The zero-order chi connectivity index (χ0) is 8.85. The van der Waals surface area contributed by atoms with Gasteiger partial charge in [-0.2, -0.15) is 0 Å². The minimum atomic E-state index is -1.26. The standard InChI is InChI=1S/C7H10O4/c1-3-5(6(8)9)7(10)11-4-2/h3H,4H2,1-2H3,(H,8,9). The smallest absolute Gasteiger partial charge is 0.345 e. The van der Waals surface area contributed by atoms with Gasteiger partial charge in [0.05, 0.1) is 6.61 Å². The van der Waals surface area contributed by atoms with Crippen molar-refractivity contribution in [2.24, 2.45) is 0 Å². The molecule has 0 saturated heterocycles. The van der Waals surface area contributed by atoms with Crippen LogP contribution in [0.4, 0.5) is 0 Å². The van der Waals surface area contributed by atoms with Gasteiger partial charge in [-0.1, -0.05) is 6.08 Å². The van der Waals surface area contributed by atoms with Gasteiger partial charge < -0.3 is 9.84 Å². The van der Waals surface area contributed by atoms with E-state index >= 15 is 0 Å². The molecule has 0 radical (unpaired) electrons. The lowest BCUT2D eigenvalue weighted by atomic mass is 10.2. The van der Waals surface area contributed by atoms with Crippen molar-refractivity contribution in [1.82, 2.24) is 0 Å². The van der Waals surface area contributed by atoms with Gasteiger partial charge in [-0.25, -0.2) is 9.59 Å². The van der Waals surface area contributed by atoms with Gasteiger partial charge in [0.2, 0.25) is 0 Å². The van der Waals surface area contributed by atoms with E-state index in [-0.39, 0.29) is 12.2 Å². The van der Waals surface area contributed by atoms with Gasteiger partial charge in [0, 0.05) is 0 Å². The Kier molecular flexibility index (Phi) is 3.95. The first-order valence-corrected chi connectivity index (χ1v) is 3.20. The number of hydrogen-bond acceptors (Lipinski definition) is 3. The highest BCUT2D eigenvalue weighted by Gasteiger charge is 2.16. The molecule has 0 aliphatic carbocycles. The zero-order valence-electron chi connectivity index (χ0n) is 6.46. The van der Waals surface area contributed by atoms with E-state index in [0.717, 1.165) is 0 Å². The van der Waals surface area contributed by atoms with E-state index in [2.05, 4.69) is 4.74 Å². The van der Waals surface area contributed by atoms with Gasteiger partial charge in [0.15, 0.2) is 0 Å². The normalized spacial score (nSPS) is 10.9. The number of carboxylic acids is 1. The molecular formula is C7H10O4. The van der Waals surface area contributed by atoms with Crippen molar-refractivity contribution >= 4 is 11.9 Å². The quantitative estimate of drug-likeness (QED) is 0.282. The van der Waals surface area contributed by atoms with Crippen LogP contribution >= 0.6 is 0 Å². The first-order valence-electron chi connectivity index (χ1n) is 3.20. The molecule has 0 amide bonds. The second kappa shape index (κ2) is 4.49. The van der Waals surface area contributed by atoms with Gasteiger partial charge in [0.1, 0.15) is 5.57 Å². The van der Waals surface area contributed by atoms with Gasteiger partial charge in [-0.15, -0.1) is 0 Å². The summed E-state index contributed by atoms with van der Waals surface area (Å²) in [6.45, 7) is 3.27. The summed E-state index contributed by atoms with van der Waals surface area (Å²) in [5.74, 6) is -2.05. The molecule has 4 nitrogen and oxygen atoms in total. The van der Waals surface area contributed by atoms with Crippen LogP contribution in [0.25, 0.3) is 0 Å². The molecule has 0 aliphatic rings. The second-order valence-corrected chi connectivity index (χ2v) is 1.73. The number of carbonyl (C=O) groups is 2. The molecular weight excluding hydrogens is 148 g/mol. The van der Waals surface area contributed by atoms with E-state index in [9.17, 15) is 9.59 Å². The van der Waals surface area contributed by atoms with Crippen molar-refractivity contribution in [3.8, 4) is 0 Å². The Morgan fingerprint density at radius 2 is 2.09 bits per heavy atom. The van der Waals surface area contributed by atoms with Crippen molar-refractivity contribution in [3.63, 3.8) is 0 Å². The average Bonchev–Trinajstić information content (AvgIpc) is 1.88. The van der Waals surface area contributed by atoms with Crippen LogP contribution < -0.4 is 0 Å². The molecule has 0 aromatic rings. The van der Waals surface area contributed by atoms with Gasteiger partial charge in [-0.3, -0.25) is 0 Å². The van der Waals surface area contributed by atoms with Crippen LogP contribution in [-0.4, -0.2) is 23.7 Å². The van der Waals surface area contributed by atoms with Crippen molar-refractivity contribution in [1.29, 1.82) is 0 Å². The highest BCUT2D eigenvalue weighted by atomic mass is 16.5. The first-order chi connectivity index (χ1) is 5.13. The Bertz CT molecular complexity index is 193. The third-order valence-corrected chi connectivity index (χ3v) is 1.01. The molecule has 0 spiro atoms. The number of rotatable bonds is 3. The highest BCUT2D eigenvalue weighted by Crippen LogP contribution is 1.97. The molecule has 0 bridgehead atoms. The van der Waals surface area contributed by atoms with Gasteiger partial charge in [0.25, 0.3) is 0 Å². The Labute approximate surface area is 64.5 Å². The monoisotopic (exact) mass is 158 g/mol. The fraction of sp³-hybridized carbons (Fsp3) is 0.429. The number of carboxylic acid groups (broad SMARTS) is 1. The fourth-order valence-electron chi connectivity index (χ4n) is 0.537. The Hall–Kier alpha value is -1.32. The lowest BCUT2D eigenvalue weighted by molar-refractivity contribution is -0.143. The van der Waals surface area contributed by atoms with E-state index in [1.54, 1.807) is 6.92 Å². The summed E-state index contributed by atoms with van der Waals surface area (Å²) in [4.78, 5) is 21.0. The van der Waals surface area contributed by atoms with Crippen LogP contribution in [0.15, 0.2) is 11.6 Å². The van der Waals surface area contributed by atoms with Crippen LogP contribution in [0.5, 0.6) is 0 Å². The summed E-state index contributed by atoms with van der Waals surface area (Å²) in [5, 5.41) is 8.40. The lowest BCUT2D eigenvalue weighted by Gasteiger charge is -1.99. The molecule has 0 fully saturated rings. The van der Waals surface area contributed by atoms with Crippen LogP contribution in [0.2, 0.25) is 0 Å². The number of allylic oxidation sites excluding steroid dienone is 1. The number of ether oxygens (including phenoxy) is 1. The van der Waals surface area contributed by atoms with Crippen LogP contribution in [0, 0.1) is 0 Å². The number of esters is 1. The van der Waals surface area contributed by atoms with Crippen molar-refractivity contribution in [2.45, 2.75) is 13.8 Å². The molecule has 4 heteroatoms. The molecule has 0 rings (SSSR count). The van der Waals surface area contributed by atoms with E-state index in [0.29, 0.717) is 0 Å². The predicted molar refractivity (Wildman–Crippen MR) is 38.0 cm³/mol. The van der Waals surface area contributed by atoms with Crippen LogP contribution in [0.1, 0.15) is 13.8 Å². The minimum absolute atomic E-state index is 0.184. The van der Waals surface area contributed by atoms with Crippen LogP contribution in [-0.2, 0) is 14.3 Å². The summed E-state index contributed by atoms with van der Waals surface area (Å²) < 4.78 is 4.47. The first kappa shape index (κ1) is 9.68. The topological polar surface area (TPSA) is 63.6 Å². The maximum atomic E-state index is 10.7. The largest absolute Gasteiger partial charge is 0.477 e. The molecule has 0 aromatic heterocycles. The molecule has 0 saturated carbocycles. The third kappa shape index (κ3) is 2.84. The summed E-state index contributed by atoms with van der Waals surface area (Å²) in [6.07, 6.45) is 1.21. The molecule has 0 aromatic carbocycles. The van der Waals surface area contributed by atoms with Crippen molar-refractivity contribution in [2.75, 3.05) is 6.61 Å². The van der Waals surface area contributed by atoms with E-state index in [4.69, 9.17) is 5.11 Å². The molecule has 1 N–H and O–H groups in total. The average molecular weight is 158 g/mol. The lowest BCUT2D eigenvalue weighted by Crippen LogP contribution is -2.14. The maximum Gasteiger partial charge on any atom is 0.345 e. The maximum absolute atomic E-state index is 10.7. The molecule has 0 unspecified atom stereocenters. The Balaban J connectivity index is 4.29. The summed E-state index contributed by atoms with van der Waals surface area (Å²) in [6, 6.07) is 0. The SMILES string of the molecule is CC=C(C(=O)O)C(=O)OCC. The Morgan fingerprint density at radius 1 is 1.55 bits per heavy atom. The van der Waals surface area contributed by atoms with E-state index < -0.39 is 11.9 Å². The molecule has 62 valence electrons. The highest BCUT2D eigenvalue weighted by molar-refractivity contribution is 6.13. The molecule has 0 aliphatic heterocycles. The zero-order valence-corrected chi connectivity index (χ0v) is 6.46. The molecule has 0 atom stereocenters. The van der Waals surface area contributed by atoms with Crippen LogP contribution in [0.3, 0.4) is 0 Å². The third-order valence-electron chi connectivity index (χ3n) is 1.01. The Morgan fingerprint density at radius 3 is 2.36 bits per heavy atom. The number of carbonyl (C=O) groups excluding carboxylic acids is 1. The molecule has 11 heavy (non-hydrogen) atoms. The van der Waals surface area contributed by atoms with Crippen molar-refractivity contribution < 1.29 is 19.4 Å². The number of hydrogen-bond donors (Lipinski definition) is 1. The van der Waals surface area contributed by atoms with Crippen molar-refractivity contribution in [3.05, 3.63) is 11.6 Å². The van der Waals surface area contributed by atoms with Gasteiger partial charge in [-0.05, 0) is 13.8 Å². The predicted octanol–water partition coefficient (Wildman–Crippen LogP) is 0.580. The van der Waals surface area contributed by atoms with Gasteiger partial charge >= 0.3 is 11.9 Å². The second-order valence-electron chi connectivity index (χ2n) is 1.73. The summed E-state index contributed by atoms with van der Waals surface area (Å²) in [7, 11) is 0. The van der Waals surface area contributed by atoms with E-state index in [1.165, 1.54) is 13.0 Å². The summed E-state index contributed by atoms with van der Waals surface area (Å²) >= 11 is 0. The number of aliphatic carboxylic acids is 1.